The topological polar surface area (TPSA) is 98.0 Å². The fraction of sp³-hybridized carbons (Fsp3) is 0.500. The highest BCUT2D eigenvalue weighted by atomic mass is 32.2. The molecule has 8 heteroatoms. The molecule has 1 atom stereocenters. The van der Waals surface area contributed by atoms with Crippen LogP contribution in [0.2, 0.25) is 0 Å². The zero-order valence-electron chi connectivity index (χ0n) is 12.8. The van der Waals surface area contributed by atoms with Gasteiger partial charge in [0.15, 0.2) is 5.76 Å². The number of aryl methyl sites for hydroxylation is 4. The second-order valence-corrected chi connectivity index (χ2v) is 7.19. The van der Waals surface area contributed by atoms with Crippen LogP contribution in [0, 0.1) is 20.8 Å². The molecular formula is C14H18N4O3S. The number of aromatic nitrogens is 3. The first-order chi connectivity index (χ1) is 10.4. The standard InChI is InChI=1S/C14H18N4O3S/c1-8-14(9(2)21-17-8)22(19,20)18-13-6-4-5-12-11(13)7-15-10(3)16-12/h7,13,18H,4-6H2,1-3H3/t13-/m0/s1. The molecule has 0 bridgehead atoms. The van der Waals surface area contributed by atoms with Crippen molar-refractivity contribution in [3.8, 4) is 0 Å². The Bertz CT molecular complexity index is 794. The Kier molecular flexibility index (Phi) is 3.73. The van der Waals surface area contributed by atoms with E-state index in [1.807, 2.05) is 6.92 Å². The zero-order valence-corrected chi connectivity index (χ0v) is 13.6. The molecule has 0 saturated carbocycles. The van der Waals surface area contributed by atoms with Gasteiger partial charge in [-0.2, -0.15) is 0 Å². The lowest BCUT2D eigenvalue weighted by Crippen LogP contribution is -2.32. The Labute approximate surface area is 129 Å². The predicted molar refractivity (Wildman–Crippen MR) is 78.7 cm³/mol. The Morgan fingerprint density at radius 2 is 2.09 bits per heavy atom. The summed E-state index contributed by atoms with van der Waals surface area (Å²) in [6, 6.07) is -0.317. The average molecular weight is 322 g/mol. The van der Waals surface area contributed by atoms with E-state index >= 15 is 0 Å². The van der Waals surface area contributed by atoms with Crippen LogP contribution in [-0.4, -0.2) is 23.5 Å². The van der Waals surface area contributed by atoms with Crippen molar-refractivity contribution < 1.29 is 12.9 Å². The van der Waals surface area contributed by atoms with Gasteiger partial charge in [-0.05, 0) is 40.0 Å². The molecule has 1 N–H and O–H groups in total. The van der Waals surface area contributed by atoms with Gasteiger partial charge in [0.1, 0.15) is 16.4 Å². The zero-order chi connectivity index (χ0) is 15.9. The van der Waals surface area contributed by atoms with E-state index in [4.69, 9.17) is 4.52 Å². The van der Waals surface area contributed by atoms with Crippen LogP contribution in [0.15, 0.2) is 15.6 Å². The fourth-order valence-corrected chi connectivity index (χ4v) is 4.45. The van der Waals surface area contributed by atoms with E-state index in [2.05, 4.69) is 19.8 Å². The van der Waals surface area contributed by atoms with Crippen LogP contribution in [0.25, 0.3) is 0 Å². The van der Waals surface area contributed by atoms with Crippen LogP contribution in [0.1, 0.15) is 47.4 Å². The van der Waals surface area contributed by atoms with Gasteiger partial charge in [-0.15, -0.1) is 0 Å². The normalized spacial score (nSPS) is 18.2. The van der Waals surface area contributed by atoms with Gasteiger partial charge in [-0.25, -0.2) is 23.1 Å². The summed E-state index contributed by atoms with van der Waals surface area (Å²) in [5.41, 5.74) is 2.14. The third-order valence-corrected chi connectivity index (χ3v) is 5.55. The van der Waals surface area contributed by atoms with Gasteiger partial charge in [0, 0.05) is 17.5 Å². The molecule has 1 aliphatic rings. The Morgan fingerprint density at radius 1 is 1.32 bits per heavy atom. The second-order valence-electron chi connectivity index (χ2n) is 5.54. The lowest BCUT2D eigenvalue weighted by molar-refractivity contribution is 0.390. The van der Waals surface area contributed by atoms with E-state index < -0.39 is 10.0 Å². The molecule has 1 aliphatic carbocycles. The first-order valence-electron chi connectivity index (χ1n) is 7.16. The first-order valence-corrected chi connectivity index (χ1v) is 8.64. The largest absolute Gasteiger partial charge is 0.360 e. The van der Waals surface area contributed by atoms with Crippen molar-refractivity contribution in [3.63, 3.8) is 0 Å². The average Bonchev–Trinajstić information content (AvgIpc) is 2.78. The van der Waals surface area contributed by atoms with E-state index in [-0.39, 0.29) is 10.9 Å². The van der Waals surface area contributed by atoms with Crippen molar-refractivity contribution in [3.05, 3.63) is 34.7 Å². The Balaban J connectivity index is 1.95. The molecule has 7 nitrogen and oxygen atoms in total. The fourth-order valence-electron chi connectivity index (χ4n) is 2.87. The number of hydrogen-bond donors (Lipinski definition) is 1. The molecule has 3 rings (SSSR count). The molecule has 0 fully saturated rings. The van der Waals surface area contributed by atoms with Crippen LogP contribution in [0.5, 0.6) is 0 Å². The summed E-state index contributed by atoms with van der Waals surface area (Å²) in [5, 5.41) is 3.71. The maximum atomic E-state index is 12.6. The predicted octanol–water partition coefficient (Wildman–Crippen LogP) is 1.75. The van der Waals surface area contributed by atoms with E-state index in [9.17, 15) is 8.42 Å². The van der Waals surface area contributed by atoms with Gasteiger partial charge in [0.2, 0.25) is 10.0 Å². The molecule has 22 heavy (non-hydrogen) atoms. The van der Waals surface area contributed by atoms with Gasteiger partial charge in [0.25, 0.3) is 0 Å². The van der Waals surface area contributed by atoms with Crippen LogP contribution < -0.4 is 4.72 Å². The highest BCUT2D eigenvalue weighted by Crippen LogP contribution is 2.30. The molecule has 2 heterocycles. The maximum Gasteiger partial charge on any atom is 0.246 e. The number of fused-ring (bicyclic) bond motifs is 1. The molecule has 0 unspecified atom stereocenters. The highest BCUT2D eigenvalue weighted by molar-refractivity contribution is 7.89. The van der Waals surface area contributed by atoms with Crippen molar-refractivity contribution >= 4 is 10.0 Å². The minimum absolute atomic E-state index is 0.118. The summed E-state index contributed by atoms with van der Waals surface area (Å²) in [4.78, 5) is 8.73. The quantitative estimate of drug-likeness (QED) is 0.924. The SMILES string of the molecule is Cc1ncc2c(n1)CCC[C@@H]2NS(=O)(=O)c1c(C)noc1C. The Hall–Kier alpha value is -1.80. The summed E-state index contributed by atoms with van der Waals surface area (Å²) >= 11 is 0. The van der Waals surface area contributed by atoms with Gasteiger partial charge >= 0.3 is 0 Å². The third kappa shape index (κ3) is 2.64. The van der Waals surface area contributed by atoms with Crippen LogP contribution in [-0.2, 0) is 16.4 Å². The lowest BCUT2D eigenvalue weighted by atomic mass is 9.93. The van der Waals surface area contributed by atoms with E-state index in [1.54, 1.807) is 20.0 Å². The van der Waals surface area contributed by atoms with Gasteiger partial charge in [-0.3, -0.25) is 0 Å². The third-order valence-electron chi connectivity index (χ3n) is 3.84. The van der Waals surface area contributed by atoms with Gasteiger partial charge in [0.05, 0.1) is 6.04 Å². The van der Waals surface area contributed by atoms with Gasteiger partial charge in [-0.1, -0.05) is 5.16 Å². The summed E-state index contributed by atoms with van der Waals surface area (Å²) in [6.07, 6.45) is 4.18. The summed E-state index contributed by atoms with van der Waals surface area (Å²) in [7, 11) is -3.69. The molecule has 0 aromatic carbocycles. The van der Waals surface area contributed by atoms with E-state index in [0.29, 0.717) is 17.3 Å². The number of hydrogen-bond acceptors (Lipinski definition) is 6. The van der Waals surface area contributed by atoms with E-state index in [1.165, 1.54) is 0 Å². The van der Waals surface area contributed by atoms with E-state index in [0.717, 1.165) is 30.5 Å². The molecule has 2 aromatic rings. The highest BCUT2D eigenvalue weighted by Gasteiger charge is 2.30. The Morgan fingerprint density at radius 3 is 2.77 bits per heavy atom. The summed E-state index contributed by atoms with van der Waals surface area (Å²) in [5.74, 6) is 0.995. The molecule has 0 aliphatic heterocycles. The van der Waals surface area contributed by atoms with Crippen LogP contribution >= 0.6 is 0 Å². The van der Waals surface area contributed by atoms with Gasteiger partial charge < -0.3 is 4.52 Å². The van der Waals surface area contributed by atoms with Crippen molar-refractivity contribution in [2.45, 2.75) is 51.0 Å². The molecule has 0 saturated heterocycles. The number of nitrogens with one attached hydrogen (secondary N) is 1. The molecule has 0 radical (unpaired) electrons. The summed E-state index contributed by atoms with van der Waals surface area (Å²) < 4.78 is 33.0. The number of rotatable bonds is 3. The van der Waals surface area contributed by atoms with Crippen molar-refractivity contribution in [2.24, 2.45) is 0 Å². The maximum absolute atomic E-state index is 12.6. The van der Waals surface area contributed by atoms with Crippen LogP contribution in [0.4, 0.5) is 0 Å². The monoisotopic (exact) mass is 322 g/mol. The molecule has 0 amide bonds. The molecular weight excluding hydrogens is 304 g/mol. The van der Waals surface area contributed by atoms with Crippen molar-refractivity contribution in [2.75, 3.05) is 0 Å². The van der Waals surface area contributed by atoms with Crippen molar-refractivity contribution in [1.82, 2.24) is 19.8 Å². The molecule has 2 aromatic heterocycles. The first kappa shape index (κ1) is 15.1. The smallest absolute Gasteiger partial charge is 0.246 e. The minimum atomic E-state index is -3.69. The van der Waals surface area contributed by atoms with Crippen LogP contribution in [0.3, 0.4) is 0 Å². The summed E-state index contributed by atoms with van der Waals surface area (Å²) in [6.45, 7) is 5.04. The number of sulfonamides is 1. The minimum Gasteiger partial charge on any atom is -0.360 e. The molecule has 0 spiro atoms. The lowest BCUT2D eigenvalue weighted by Gasteiger charge is -2.25. The second kappa shape index (κ2) is 5.44. The van der Waals surface area contributed by atoms with Crippen molar-refractivity contribution in [1.29, 1.82) is 0 Å². The molecule has 118 valence electrons. The number of nitrogens with zero attached hydrogens (tertiary/aromatic N) is 3.